The van der Waals surface area contributed by atoms with Gasteiger partial charge in [0.1, 0.15) is 23.3 Å². The molecular weight excluding hydrogens is 1750 g/mol. The first-order chi connectivity index (χ1) is 64.2. The van der Waals surface area contributed by atoms with Crippen LogP contribution < -0.4 is 59.7 Å². The summed E-state index contributed by atoms with van der Waals surface area (Å²) in [6, 6.07) is 70.8. The second kappa shape index (κ2) is 38.1. The van der Waals surface area contributed by atoms with Crippen LogP contribution >= 0.6 is 11.6 Å². The lowest BCUT2D eigenvalue weighted by molar-refractivity contribution is -0.130. The molecule has 133 heavy (non-hydrogen) atoms. The number of fused-ring (bicyclic) bond motifs is 3. The Hall–Kier alpha value is -14.0. The maximum absolute atomic E-state index is 13.4. The first-order valence-electron chi connectivity index (χ1n) is 43.7. The molecule has 29 nitrogen and oxygen atoms in total. The van der Waals surface area contributed by atoms with E-state index in [1.807, 2.05) is 172 Å². The second-order valence-corrected chi connectivity index (χ2v) is 37.9. The molecule has 4 aromatic heterocycles. The van der Waals surface area contributed by atoms with Crippen molar-refractivity contribution in [3.8, 4) is 79.3 Å². The number of halogens is 1. The van der Waals surface area contributed by atoms with Gasteiger partial charge in [-0.05, 0) is 245 Å². The number of ether oxygens (including phenoxy) is 6. The molecule has 0 atom stereocenters. The van der Waals surface area contributed by atoms with Gasteiger partial charge in [-0.25, -0.2) is 41.5 Å². The van der Waals surface area contributed by atoms with Crippen LogP contribution in [0.5, 0.6) is 34.5 Å². The van der Waals surface area contributed by atoms with Gasteiger partial charge >= 0.3 is 0 Å². The summed E-state index contributed by atoms with van der Waals surface area (Å²) < 4.78 is 86.3. The van der Waals surface area contributed by atoms with E-state index in [1.54, 1.807) is 78.7 Å². The lowest BCUT2D eigenvalue weighted by Crippen LogP contribution is -2.49. The minimum Gasteiger partial charge on any atom is -0.454 e. The summed E-state index contributed by atoms with van der Waals surface area (Å²) in [6.07, 6.45) is 8.15. The molecule has 4 aliphatic carbocycles. The third kappa shape index (κ3) is 19.3. The van der Waals surface area contributed by atoms with Crippen LogP contribution in [-0.2, 0) is 72.3 Å². The summed E-state index contributed by atoms with van der Waals surface area (Å²) in [5.74, 6) is 5.50. The van der Waals surface area contributed by atoms with Crippen molar-refractivity contribution in [2.75, 3.05) is 81.9 Å². The summed E-state index contributed by atoms with van der Waals surface area (Å²) in [5.41, 5.74) is 10.8. The van der Waals surface area contributed by atoms with E-state index in [9.17, 15) is 50.7 Å². The number of carbonyl (C=O) groups is 6. The van der Waals surface area contributed by atoms with Crippen molar-refractivity contribution < 1.29 is 84.8 Å². The smallest absolute Gasteiger partial charge is 0.251 e. The zero-order valence-corrected chi connectivity index (χ0v) is 76.0. The van der Waals surface area contributed by atoms with Gasteiger partial charge in [-0.15, -0.1) is 0 Å². The van der Waals surface area contributed by atoms with Gasteiger partial charge in [0.25, 0.3) is 5.91 Å². The van der Waals surface area contributed by atoms with Gasteiger partial charge in [-0.3, -0.25) is 28.8 Å². The van der Waals surface area contributed by atoms with E-state index < -0.39 is 41.7 Å². The molecule has 690 valence electrons. The molecule has 0 bridgehead atoms. The molecule has 20 rings (SSSR count). The molecule has 0 unspecified atom stereocenters. The van der Waals surface area contributed by atoms with Crippen LogP contribution in [0.2, 0.25) is 5.02 Å². The molecule has 5 fully saturated rings. The van der Waals surface area contributed by atoms with E-state index in [-0.39, 0.29) is 91.0 Å². The minimum absolute atomic E-state index is 0. The molecule has 1 saturated heterocycles. The summed E-state index contributed by atoms with van der Waals surface area (Å²) in [5, 5.41) is 24.8. The van der Waals surface area contributed by atoms with Crippen molar-refractivity contribution in [2.24, 2.45) is 0 Å². The Labute approximate surface area is 780 Å². The predicted octanol–water partition coefficient (Wildman–Crippen LogP) is 16.5. The Bertz CT molecular complexity index is 6770. The van der Waals surface area contributed by atoms with Crippen molar-refractivity contribution in [3.63, 3.8) is 0 Å². The number of hydrogen-bond donors (Lipinski definition) is 7. The summed E-state index contributed by atoms with van der Waals surface area (Å²) in [6.45, 7) is 7.14. The number of benzene rings is 8. The maximum Gasteiger partial charge on any atom is 0.251 e. The number of nitrogens with one attached hydrogen (secondary N) is 6. The van der Waals surface area contributed by atoms with Gasteiger partial charge in [0.15, 0.2) is 34.5 Å². The van der Waals surface area contributed by atoms with E-state index in [0.717, 1.165) is 137 Å². The van der Waals surface area contributed by atoms with Crippen LogP contribution in [0.4, 0.5) is 23.3 Å². The molecular formula is C101H105ClN12O17S2. The highest BCUT2D eigenvalue weighted by molar-refractivity contribution is 7.89. The normalized spacial score (nSPS) is 16.2. The first-order valence-corrected chi connectivity index (χ1v) is 47.0. The van der Waals surface area contributed by atoms with E-state index >= 15 is 0 Å². The number of rotatable bonds is 22. The Balaban J connectivity index is 0.000000154. The number of sulfonamides is 2. The van der Waals surface area contributed by atoms with Gasteiger partial charge in [0.05, 0.1) is 49.4 Å². The molecule has 8 aliphatic rings. The number of piperazine rings is 1. The van der Waals surface area contributed by atoms with Crippen LogP contribution in [0.25, 0.3) is 44.8 Å². The van der Waals surface area contributed by atoms with Crippen LogP contribution in [0.1, 0.15) is 126 Å². The Morgan fingerprint density at radius 1 is 0.414 bits per heavy atom. The molecule has 12 aromatic rings. The number of hydrogen-bond acceptors (Lipinski definition) is 21. The SMILES string of the molecule is CC(=O)N1CCN(S(=O)(=O)c2ccc(-c3cccc(NC(=O)C4(c5ccc6c(c5)OCO6)CC4)n3)cc2)CC1.CNC(=O)c1cccc(-c2ccc(NC(=O)C3(c4ccc5c(c4)OCO5)CC3)nc2C)c1.CNS(=O)(=O)c1ccc(-c2cccc(NC(=O)C3(c4ccc(Cl)cc4)CCCC3)n2)cc1.Cc1nc(NC(=O)C2(c3ccc4c(c3)OCO4)CC2)ccc1-c1ccccc1CO.[HH].[HH].[HH].[HH]. The van der Waals surface area contributed by atoms with Crippen LogP contribution in [0.3, 0.4) is 0 Å². The van der Waals surface area contributed by atoms with Crippen molar-refractivity contribution >= 4 is 90.4 Å². The fourth-order valence-corrected chi connectivity index (χ4v) is 19.7. The van der Waals surface area contributed by atoms with Crippen molar-refractivity contribution in [1.82, 2.24) is 39.2 Å². The molecule has 0 spiro atoms. The monoisotopic (exact) mass is 1860 g/mol. The number of aliphatic hydroxyl groups is 1. The van der Waals surface area contributed by atoms with Crippen molar-refractivity contribution in [2.45, 2.75) is 123 Å². The number of carbonyl (C=O) groups excluding carboxylic acids is 6. The third-order valence-corrected chi connectivity index (χ3v) is 29.2. The number of amides is 6. The lowest BCUT2D eigenvalue weighted by Gasteiger charge is -2.33. The quantitative estimate of drug-likeness (QED) is 0.0331. The van der Waals surface area contributed by atoms with Gasteiger partial charge in [-0.2, -0.15) is 4.31 Å². The second-order valence-electron chi connectivity index (χ2n) is 33.7. The lowest BCUT2D eigenvalue weighted by atomic mass is 9.78. The fourth-order valence-electron chi connectivity index (χ4n) is 17.4. The summed E-state index contributed by atoms with van der Waals surface area (Å²) in [7, 11) is -4.20. The molecule has 8 aromatic carbocycles. The van der Waals surface area contributed by atoms with Crippen LogP contribution in [0, 0.1) is 13.8 Å². The number of anilines is 4. The van der Waals surface area contributed by atoms with Gasteiger partial charge in [0.2, 0.25) is 70.0 Å². The topological polar surface area (TPSA) is 377 Å². The maximum atomic E-state index is 13.4. The molecule has 7 N–H and O–H groups in total. The fraction of sp³-hybridized carbons (Fsp3) is 0.267. The first kappa shape index (κ1) is 91.0. The van der Waals surface area contributed by atoms with Crippen molar-refractivity contribution in [1.29, 1.82) is 0 Å². The van der Waals surface area contributed by atoms with Crippen molar-refractivity contribution in [3.05, 3.63) is 286 Å². The molecule has 32 heteroatoms. The average molecular weight is 1860 g/mol. The van der Waals surface area contributed by atoms with E-state index in [0.29, 0.717) is 92.8 Å². The largest absolute Gasteiger partial charge is 0.454 e. The van der Waals surface area contributed by atoms with E-state index in [4.69, 9.17) is 40.0 Å². The highest BCUT2D eigenvalue weighted by Gasteiger charge is 2.54. The van der Waals surface area contributed by atoms with Gasteiger partial charge in [0, 0.05) is 90.1 Å². The highest BCUT2D eigenvalue weighted by Crippen LogP contribution is 2.54. The standard InChI is InChI=1S/C28H28N4O6S.C25H23N3O4.C24H24ClN3O3S.C24H22N2O4.4H2/c1-19(33)31-13-15-32(16-14-31)39(35,36)22-8-5-20(6-9-22)23-3-2-4-26(29-23)30-27(34)28(11-12-28)21-7-10-24-25(17-21)38-18-37-24;1-15-19(16-4-3-5-17(12-16)23(29)26-2)7-9-22(27-15)28-24(30)25(10-11-25)18-6-8-20-21(13-18)32-14-31-20;1-26-32(30,31)20-13-7-17(8-14-20)21-5-4-6-22(27-21)28-23(29)24(15-2-3-16-24)18-9-11-19(25)12-10-18;1-15-18(19-5-3-2-4-16(19)13-27)7-9-22(25-15)26-23(28)24(10-11-24)17-6-8-20-21(12-17)30-14-29-20;;;;/h2-10,17H,11-16,18H2,1H3,(H,29,30,34);3-9,12-13H,10-11,14H2,1-2H3,(H,26,29)(H,27,28,30);4-14,26H,2-3,15-16H2,1H3,(H,27,28,29);2-9,12,27H,10-11,13-14H2,1H3,(H,25,26,28);4*1H. The number of nitrogens with zero attached hydrogens (tertiary/aromatic N) is 6. The predicted molar refractivity (Wildman–Crippen MR) is 510 cm³/mol. The zero-order chi connectivity index (χ0) is 93.0. The summed E-state index contributed by atoms with van der Waals surface area (Å²) >= 11 is 6.04. The molecule has 0 radical (unpaired) electrons. The third-order valence-electron chi connectivity index (χ3n) is 25.6. The average Bonchev–Trinajstić information content (AvgIpc) is 1.60. The van der Waals surface area contributed by atoms with E-state index in [2.05, 4.69) is 51.2 Å². The Morgan fingerprint density at radius 2 is 0.827 bits per heavy atom. The Morgan fingerprint density at radius 3 is 1.26 bits per heavy atom. The van der Waals surface area contributed by atoms with E-state index in [1.165, 1.54) is 30.4 Å². The number of aliphatic hydroxyl groups excluding tert-OH is 1. The Kier molecular flexibility index (Phi) is 26.1. The molecule has 6 amide bonds. The number of aryl methyl sites for hydroxylation is 2. The van der Waals surface area contributed by atoms with Gasteiger partial charge in [-0.1, -0.05) is 128 Å². The van der Waals surface area contributed by atoms with Gasteiger partial charge < -0.3 is 65.0 Å². The molecule has 8 heterocycles. The highest BCUT2D eigenvalue weighted by atomic mass is 35.5. The van der Waals surface area contributed by atoms with Crippen LogP contribution in [-0.4, -0.2) is 147 Å². The molecule has 4 saturated carbocycles. The minimum atomic E-state index is -3.67. The number of aromatic nitrogens is 4. The van der Waals surface area contributed by atoms with Crippen LogP contribution in [0.15, 0.2) is 246 Å². The molecule has 4 aliphatic heterocycles. The number of pyridine rings is 4. The zero-order valence-electron chi connectivity index (χ0n) is 73.6. The summed E-state index contributed by atoms with van der Waals surface area (Å²) in [4.78, 5) is 96.9.